The van der Waals surface area contributed by atoms with Crippen molar-refractivity contribution in [2.24, 2.45) is 0 Å². The van der Waals surface area contributed by atoms with Gasteiger partial charge in [-0.3, -0.25) is 0 Å². The van der Waals surface area contributed by atoms with Crippen LogP contribution in [0, 0.1) is 13.8 Å². The molecule has 0 aliphatic heterocycles. The maximum atomic E-state index is 11.0. The van der Waals surface area contributed by atoms with Crippen LogP contribution in [0.4, 0.5) is 0 Å². The van der Waals surface area contributed by atoms with E-state index >= 15 is 0 Å². The van der Waals surface area contributed by atoms with Crippen molar-refractivity contribution in [3.05, 3.63) is 142 Å². The largest absolute Gasteiger partial charge is 2.00 e. The maximum Gasteiger partial charge on any atom is 2.00 e. The molecule has 20 heteroatoms. The van der Waals surface area contributed by atoms with E-state index in [1.54, 1.807) is 0 Å². The summed E-state index contributed by atoms with van der Waals surface area (Å²) in [6.07, 6.45) is 5.54. The van der Waals surface area contributed by atoms with Crippen molar-refractivity contribution in [2.75, 3.05) is 28.4 Å². The SMILES string of the molecule is CCCCCC.COc1cc2cc(OC)c(C(=O)[O-])cc2cc1C(=O)[O-].COc1cc2cc(OC)c(C(=O)[O-])cc2cc1C(=O)[O-].Cc1ccc(C(C)C)cc1.Cc1ccc(C(C)C)cc1.ClC(Cl)Cl.ClC(Cl)Cl.[Ru+2].[Ru+2]. The molecule has 0 spiro atoms. The Morgan fingerprint density at radius 3 is 0.737 bits per heavy atom. The van der Waals surface area contributed by atoms with Crippen molar-refractivity contribution in [1.29, 1.82) is 0 Å². The summed E-state index contributed by atoms with van der Waals surface area (Å²) in [5.41, 5.74) is 4.89. The maximum absolute atomic E-state index is 11.0. The van der Waals surface area contributed by atoms with Gasteiger partial charge < -0.3 is 58.6 Å². The topological polar surface area (TPSA) is 197 Å². The first-order valence-corrected chi connectivity index (χ1v) is 25.6. The van der Waals surface area contributed by atoms with Crippen molar-refractivity contribution in [1.82, 2.24) is 0 Å². The van der Waals surface area contributed by atoms with Crippen molar-refractivity contribution >= 4 is 115 Å². The molecule has 0 unspecified atom stereocenters. The van der Waals surface area contributed by atoms with E-state index in [1.165, 1.54) is 125 Å². The number of aromatic carboxylic acids is 4. The number of benzene rings is 6. The molecule has 6 aromatic carbocycles. The van der Waals surface area contributed by atoms with Crippen LogP contribution >= 0.6 is 69.6 Å². The minimum Gasteiger partial charge on any atom is -0.545 e. The van der Waals surface area contributed by atoms with Gasteiger partial charge in [0, 0.05) is 22.3 Å². The summed E-state index contributed by atoms with van der Waals surface area (Å²) < 4.78 is 18.4. The summed E-state index contributed by atoms with van der Waals surface area (Å²) in [5.74, 6) is -3.82. The van der Waals surface area contributed by atoms with Crippen LogP contribution in [0.15, 0.2) is 97.1 Å². The number of rotatable bonds is 13. The fraction of sp³-hybridized carbons (Fsp3) is 0.357. The van der Waals surface area contributed by atoms with Crippen LogP contribution in [0.3, 0.4) is 0 Å². The third-order valence-electron chi connectivity index (χ3n) is 10.3. The molecule has 0 saturated carbocycles. The van der Waals surface area contributed by atoms with Gasteiger partial charge in [0.1, 0.15) is 23.0 Å². The fourth-order valence-corrected chi connectivity index (χ4v) is 6.33. The summed E-state index contributed by atoms with van der Waals surface area (Å²) >= 11 is 28.8. The van der Waals surface area contributed by atoms with Crippen LogP contribution in [-0.2, 0) is 39.0 Å². The standard InChI is InChI=1S/2C14H12O6.2C10H14.C6H14.2CHCl3.2Ru/c2*1-19-11-5-8-6-12(20-2)10(14(17)18)4-7(8)3-9(11)13(15)16;2*1-8(2)10-6-4-9(3)5-7-10;1-3-5-6-4-2;2*2-1(3)4;;/h2*3-6H,1-2H3,(H,15,16)(H,17,18);2*4-8H,1-3H3;3-6H2,1-2H3;2*1H;;/q;;;;;;;2*+2/p-4. The molecule has 0 aliphatic rings. The van der Waals surface area contributed by atoms with Gasteiger partial charge in [0.25, 0.3) is 0 Å². The summed E-state index contributed by atoms with van der Waals surface area (Å²) in [7, 11) is 5.33. The molecule has 0 amide bonds. The van der Waals surface area contributed by atoms with Crippen molar-refractivity contribution in [3.8, 4) is 23.0 Å². The molecule has 0 saturated heterocycles. The Bertz CT molecular complexity index is 2370. The molecule has 6 aromatic rings. The molecular weight excluding hydrogens is 1280 g/mol. The van der Waals surface area contributed by atoms with E-state index in [9.17, 15) is 39.6 Å². The number of hydrogen-bond acceptors (Lipinski definition) is 12. The zero-order valence-corrected chi connectivity index (χ0v) is 52.3. The second-order valence-electron chi connectivity index (χ2n) is 16.4. The molecular formula is C56H64Cl6O12Ru2. The fourth-order valence-electron chi connectivity index (χ4n) is 6.33. The van der Waals surface area contributed by atoms with E-state index in [4.69, 9.17) is 88.6 Å². The van der Waals surface area contributed by atoms with Gasteiger partial charge in [-0.05, 0) is 107 Å². The number of unbranched alkanes of at least 4 members (excludes halogenated alkanes) is 3. The molecule has 0 atom stereocenters. The van der Waals surface area contributed by atoms with Gasteiger partial charge in [0.05, 0.1) is 52.3 Å². The Labute approximate surface area is 503 Å². The van der Waals surface area contributed by atoms with Crippen molar-refractivity contribution in [2.45, 2.75) is 101 Å². The van der Waals surface area contributed by atoms with Crippen LogP contribution in [0.1, 0.15) is 143 Å². The van der Waals surface area contributed by atoms with Crippen LogP contribution < -0.4 is 39.4 Å². The summed E-state index contributed by atoms with van der Waals surface area (Å²) in [5, 5.41) is 46.1. The normalized spacial score (nSPS) is 9.82. The van der Waals surface area contributed by atoms with Crippen LogP contribution in [-0.4, -0.2) is 60.9 Å². The van der Waals surface area contributed by atoms with Gasteiger partial charge in [0.15, 0.2) is 8.59 Å². The molecule has 76 heavy (non-hydrogen) atoms. The number of alkyl halides is 6. The third-order valence-corrected chi connectivity index (χ3v) is 10.3. The van der Waals surface area contributed by atoms with E-state index in [0.717, 1.165) is 0 Å². The number of carbonyl (C=O) groups is 4. The Morgan fingerprint density at radius 1 is 0.408 bits per heavy atom. The number of hydrogen-bond donors (Lipinski definition) is 0. The van der Waals surface area contributed by atoms with Gasteiger partial charge in [-0.25, -0.2) is 0 Å². The quantitative estimate of drug-likeness (QED) is 0.0603. The molecule has 12 nitrogen and oxygen atoms in total. The van der Waals surface area contributed by atoms with E-state index in [1.807, 2.05) is 0 Å². The molecule has 0 fully saturated rings. The number of ether oxygens (including phenoxy) is 4. The van der Waals surface area contributed by atoms with E-state index in [-0.39, 0.29) is 84.2 Å². The summed E-state index contributed by atoms with van der Waals surface area (Å²) in [6.45, 7) is 17.5. The number of methoxy groups -OCH3 is 4. The summed E-state index contributed by atoms with van der Waals surface area (Å²) in [6, 6.07) is 28.5. The first-order chi connectivity index (χ1) is 34.7. The van der Waals surface area contributed by atoms with Gasteiger partial charge >= 0.3 is 39.0 Å². The predicted molar refractivity (Wildman–Crippen MR) is 294 cm³/mol. The van der Waals surface area contributed by atoms with Crippen molar-refractivity contribution in [3.63, 3.8) is 0 Å². The number of halogens is 6. The van der Waals surface area contributed by atoms with Gasteiger partial charge in [-0.15, -0.1) is 0 Å². The van der Waals surface area contributed by atoms with Gasteiger partial charge in [0.2, 0.25) is 0 Å². The molecule has 6 rings (SSSR count). The van der Waals surface area contributed by atoms with Crippen LogP contribution in [0.2, 0.25) is 0 Å². The number of carboxylic acid groups (broad SMARTS) is 4. The smallest absolute Gasteiger partial charge is 0.545 e. The Morgan fingerprint density at radius 2 is 0.592 bits per heavy atom. The first kappa shape index (κ1) is 76.1. The molecule has 0 heterocycles. The minimum absolute atomic E-state index is 0. The van der Waals surface area contributed by atoms with Crippen LogP contribution in [0.25, 0.3) is 21.5 Å². The van der Waals surface area contributed by atoms with Gasteiger partial charge in [-0.1, -0.05) is 196 Å². The summed E-state index contributed by atoms with van der Waals surface area (Å²) in [4.78, 5) is 44.1. The minimum atomic E-state index is -1.41. The predicted octanol–water partition coefficient (Wildman–Crippen LogP) is 12.0. The Kier molecular flexibility index (Phi) is 41.1. The van der Waals surface area contributed by atoms with E-state index in [2.05, 4.69) is 104 Å². The Hall–Kier alpha value is -4.09. The van der Waals surface area contributed by atoms with Crippen molar-refractivity contribution < 1.29 is 97.5 Å². The molecule has 0 radical (unpaired) electrons. The molecule has 418 valence electrons. The number of carboxylic acids is 4. The first-order valence-electron chi connectivity index (χ1n) is 23.0. The van der Waals surface area contributed by atoms with E-state index < -0.39 is 32.5 Å². The Balaban J connectivity index is -0.000000882. The van der Waals surface area contributed by atoms with Crippen LogP contribution in [0.5, 0.6) is 23.0 Å². The second-order valence-corrected chi connectivity index (χ2v) is 20.3. The average Bonchev–Trinajstić information content (AvgIpc) is 3.34. The number of fused-ring (bicyclic) bond motifs is 2. The zero-order valence-electron chi connectivity index (χ0n) is 44.2. The molecule has 0 N–H and O–H groups in total. The average molecular weight is 1340 g/mol. The molecule has 0 aliphatic carbocycles. The number of carbonyl (C=O) groups excluding carboxylic acids is 4. The zero-order chi connectivity index (χ0) is 56.8. The monoisotopic (exact) mass is 1340 g/mol. The molecule has 0 aromatic heterocycles. The molecule has 0 bridgehead atoms. The third kappa shape index (κ3) is 29.0. The van der Waals surface area contributed by atoms with Gasteiger partial charge in [-0.2, -0.15) is 0 Å². The second kappa shape index (κ2) is 41.0. The number of aryl methyl sites for hydroxylation is 2. The van der Waals surface area contributed by atoms with E-state index in [0.29, 0.717) is 33.4 Å².